The topological polar surface area (TPSA) is 86.3 Å². The minimum absolute atomic E-state index is 0.0660. The number of aromatic nitrogens is 3. The summed E-state index contributed by atoms with van der Waals surface area (Å²) in [5, 5.41) is 10.7. The van der Waals surface area contributed by atoms with Gasteiger partial charge in [0.05, 0.1) is 22.8 Å². The van der Waals surface area contributed by atoms with Crippen LogP contribution in [0.25, 0.3) is 10.7 Å². The van der Waals surface area contributed by atoms with E-state index in [2.05, 4.69) is 10.2 Å². The Morgan fingerprint density at radius 3 is 2.83 bits per heavy atom. The maximum Gasteiger partial charge on any atom is 0.233 e. The molecule has 7 nitrogen and oxygen atoms in total. The number of carbonyl (C=O) groups excluding carboxylic acids is 1. The molecule has 2 aromatic heterocycles. The minimum Gasteiger partial charge on any atom is -0.372 e. The molecule has 1 aliphatic heterocycles. The molecule has 124 valence electrons. The Morgan fingerprint density at radius 2 is 2.17 bits per heavy atom. The first-order valence-corrected chi connectivity index (χ1v) is 9.21. The molecule has 3 rings (SSSR count). The Hall–Kier alpha value is -1.58. The number of nitrogens with two attached hydrogens (primary N) is 1. The third-order valence-electron chi connectivity index (χ3n) is 3.50. The average Bonchev–Trinajstić information content (AvgIpc) is 3.13. The van der Waals surface area contributed by atoms with Crippen LogP contribution >= 0.6 is 23.1 Å². The molecular weight excluding hydrogens is 334 g/mol. The third-order valence-corrected chi connectivity index (χ3v) is 5.30. The van der Waals surface area contributed by atoms with Gasteiger partial charge in [0.15, 0.2) is 5.82 Å². The molecular formula is C14H19N5O2S2. The van der Waals surface area contributed by atoms with E-state index in [9.17, 15) is 4.79 Å². The summed E-state index contributed by atoms with van der Waals surface area (Å²) in [5.74, 6) is 7.01. The van der Waals surface area contributed by atoms with Gasteiger partial charge in [-0.3, -0.25) is 4.79 Å². The predicted octanol–water partition coefficient (Wildman–Crippen LogP) is 1.45. The molecule has 1 fully saturated rings. The van der Waals surface area contributed by atoms with E-state index >= 15 is 0 Å². The molecule has 1 saturated heterocycles. The fraction of sp³-hybridized carbons (Fsp3) is 0.500. The standard InChI is InChI=1S/C14H19N5O2S2/c1-9-6-18(7-10(2)21-9)12(20)8-23-14-17-16-13(19(14)15)11-4-3-5-22-11/h3-5,9-10H,6-8,15H2,1-2H3/t9-,10-/m1/s1. The number of rotatable bonds is 4. The lowest BCUT2D eigenvalue weighted by Gasteiger charge is -2.35. The number of thioether (sulfide) groups is 1. The Bertz CT molecular complexity index is 663. The van der Waals surface area contributed by atoms with Crippen LogP contribution in [-0.4, -0.2) is 56.7 Å². The quantitative estimate of drug-likeness (QED) is 0.661. The summed E-state index contributed by atoms with van der Waals surface area (Å²) in [6.07, 6.45) is 0.132. The monoisotopic (exact) mass is 353 g/mol. The van der Waals surface area contributed by atoms with Crippen molar-refractivity contribution in [3.05, 3.63) is 17.5 Å². The lowest BCUT2D eigenvalue weighted by atomic mass is 10.2. The molecule has 0 unspecified atom stereocenters. The van der Waals surface area contributed by atoms with E-state index in [1.807, 2.05) is 36.3 Å². The first kappa shape index (κ1) is 16.3. The van der Waals surface area contributed by atoms with Crippen molar-refractivity contribution in [3.8, 4) is 10.7 Å². The van der Waals surface area contributed by atoms with E-state index in [1.165, 1.54) is 16.4 Å². The van der Waals surface area contributed by atoms with Crippen LogP contribution in [0.5, 0.6) is 0 Å². The molecule has 1 amide bonds. The molecule has 0 bridgehead atoms. The van der Waals surface area contributed by atoms with Crippen LogP contribution in [0.1, 0.15) is 13.8 Å². The van der Waals surface area contributed by atoms with Gasteiger partial charge in [-0.1, -0.05) is 17.8 Å². The van der Waals surface area contributed by atoms with Crippen LogP contribution in [0.2, 0.25) is 0 Å². The maximum atomic E-state index is 12.4. The largest absolute Gasteiger partial charge is 0.372 e. The van der Waals surface area contributed by atoms with Crippen molar-refractivity contribution < 1.29 is 9.53 Å². The van der Waals surface area contributed by atoms with Gasteiger partial charge in [0.1, 0.15) is 0 Å². The molecule has 1 aliphatic rings. The molecule has 0 aromatic carbocycles. The summed E-state index contributed by atoms with van der Waals surface area (Å²) >= 11 is 2.86. The van der Waals surface area contributed by atoms with E-state index in [0.717, 1.165) is 4.88 Å². The van der Waals surface area contributed by atoms with Crippen LogP contribution in [0.4, 0.5) is 0 Å². The fourth-order valence-electron chi connectivity index (χ4n) is 2.55. The van der Waals surface area contributed by atoms with Gasteiger partial charge < -0.3 is 15.5 Å². The zero-order chi connectivity index (χ0) is 16.4. The summed E-state index contributed by atoms with van der Waals surface area (Å²) < 4.78 is 7.09. The number of thiophene rings is 1. The van der Waals surface area contributed by atoms with Crippen molar-refractivity contribution >= 4 is 29.0 Å². The molecule has 2 aromatic rings. The number of ether oxygens (including phenoxy) is 1. The van der Waals surface area contributed by atoms with E-state index in [0.29, 0.717) is 29.8 Å². The zero-order valence-corrected chi connectivity index (χ0v) is 14.6. The van der Waals surface area contributed by atoms with Gasteiger partial charge in [-0.15, -0.1) is 21.5 Å². The summed E-state index contributed by atoms with van der Waals surface area (Å²) in [6, 6.07) is 3.87. The van der Waals surface area contributed by atoms with Crippen molar-refractivity contribution in [2.45, 2.75) is 31.2 Å². The first-order valence-electron chi connectivity index (χ1n) is 7.35. The zero-order valence-electron chi connectivity index (χ0n) is 13.0. The highest BCUT2D eigenvalue weighted by molar-refractivity contribution is 7.99. The molecule has 3 heterocycles. The van der Waals surface area contributed by atoms with E-state index < -0.39 is 0 Å². The van der Waals surface area contributed by atoms with Gasteiger partial charge in [0.25, 0.3) is 0 Å². The molecule has 0 aliphatic carbocycles. The van der Waals surface area contributed by atoms with Crippen molar-refractivity contribution in [1.29, 1.82) is 0 Å². The van der Waals surface area contributed by atoms with E-state index in [-0.39, 0.29) is 18.1 Å². The summed E-state index contributed by atoms with van der Waals surface area (Å²) in [7, 11) is 0. The Labute approximate surface area is 142 Å². The number of morpholine rings is 1. The van der Waals surface area contributed by atoms with E-state index in [4.69, 9.17) is 10.6 Å². The van der Waals surface area contributed by atoms with Crippen molar-refractivity contribution in [1.82, 2.24) is 19.8 Å². The van der Waals surface area contributed by atoms with Crippen LogP contribution < -0.4 is 5.84 Å². The highest BCUT2D eigenvalue weighted by Gasteiger charge is 2.26. The van der Waals surface area contributed by atoms with E-state index in [1.54, 1.807) is 11.3 Å². The first-order chi connectivity index (χ1) is 11.0. The number of nitrogen functional groups attached to an aromatic ring is 1. The number of amides is 1. The molecule has 0 saturated carbocycles. The van der Waals surface area contributed by atoms with Crippen molar-refractivity contribution in [3.63, 3.8) is 0 Å². The fourth-order valence-corrected chi connectivity index (χ4v) is 4.01. The maximum absolute atomic E-state index is 12.4. The Balaban J connectivity index is 1.61. The summed E-state index contributed by atoms with van der Waals surface area (Å²) in [6.45, 7) is 5.21. The highest BCUT2D eigenvalue weighted by atomic mass is 32.2. The Kier molecular flexibility index (Phi) is 4.88. The van der Waals surface area contributed by atoms with Gasteiger partial charge in [-0.05, 0) is 25.3 Å². The average molecular weight is 353 g/mol. The normalized spacial score (nSPS) is 21.6. The van der Waals surface area contributed by atoms with Gasteiger partial charge in [-0.2, -0.15) is 0 Å². The molecule has 2 atom stereocenters. The van der Waals surface area contributed by atoms with Crippen LogP contribution in [0.3, 0.4) is 0 Å². The van der Waals surface area contributed by atoms with Gasteiger partial charge in [-0.25, -0.2) is 4.68 Å². The second-order valence-electron chi connectivity index (χ2n) is 5.50. The number of hydrogen-bond acceptors (Lipinski definition) is 7. The van der Waals surface area contributed by atoms with Gasteiger partial charge >= 0.3 is 0 Å². The minimum atomic E-state index is 0.0660. The van der Waals surface area contributed by atoms with Gasteiger partial charge in [0, 0.05) is 13.1 Å². The third kappa shape index (κ3) is 3.67. The molecule has 23 heavy (non-hydrogen) atoms. The second kappa shape index (κ2) is 6.90. The number of carbonyl (C=O) groups is 1. The highest BCUT2D eigenvalue weighted by Crippen LogP contribution is 2.25. The van der Waals surface area contributed by atoms with Crippen LogP contribution in [-0.2, 0) is 9.53 Å². The summed E-state index contributed by atoms with van der Waals surface area (Å²) in [4.78, 5) is 15.2. The summed E-state index contributed by atoms with van der Waals surface area (Å²) in [5.41, 5.74) is 0. The predicted molar refractivity (Wildman–Crippen MR) is 90.8 cm³/mol. The van der Waals surface area contributed by atoms with Crippen LogP contribution in [0, 0.1) is 0 Å². The molecule has 9 heteroatoms. The smallest absolute Gasteiger partial charge is 0.233 e. The SMILES string of the molecule is C[C@@H]1CN(C(=O)CSc2nnc(-c3cccs3)n2N)C[C@@H](C)O1. The molecule has 2 N–H and O–H groups in total. The lowest BCUT2D eigenvalue weighted by Crippen LogP contribution is -2.48. The van der Waals surface area contributed by atoms with Crippen molar-refractivity contribution in [2.75, 3.05) is 24.7 Å². The molecule has 0 spiro atoms. The molecule has 0 radical (unpaired) electrons. The van der Waals surface area contributed by atoms with Crippen LogP contribution in [0.15, 0.2) is 22.7 Å². The Morgan fingerprint density at radius 1 is 1.43 bits per heavy atom. The lowest BCUT2D eigenvalue weighted by molar-refractivity contribution is -0.140. The van der Waals surface area contributed by atoms with Gasteiger partial charge in [0.2, 0.25) is 11.1 Å². The second-order valence-corrected chi connectivity index (χ2v) is 7.39. The van der Waals surface area contributed by atoms with Crippen molar-refractivity contribution in [2.24, 2.45) is 0 Å². The number of nitrogens with zero attached hydrogens (tertiary/aromatic N) is 4. The number of hydrogen-bond donors (Lipinski definition) is 1.